The summed E-state index contributed by atoms with van der Waals surface area (Å²) in [5.41, 5.74) is 8.68. The normalized spacial score (nSPS) is 15.3. The number of rotatable bonds is 4. The lowest BCUT2D eigenvalue weighted by molar-refractivity contribution is 0.250. The lowest BCUT2D eigenvalue weighted by Gasteiger charge is -2.36. The van der Waals surface area contributed by atoms with E-state index in [1.54, 1.807) is 23.0 Å². The second-order valence-electron chi connectivity index (χ2n) is 7.03. The molecule has 1 aliphatic rings. The van der Waals surface area contributed by atoms with Crippen LogP contribution in [0, 0.1) is 5.82 Å². The van der Waals surface area contributed by atoms with Crippen molar-refractivity contribution in [2.45, 2.75) is 6.54 Å². The summed E-state index contributed by atoms with van der Waals surface area (Å²) in [6.45, 7) is 4.20. The van der Waals surface area contributed by atoms with Crippen LogP contribution in [-0.4, -0.2) is 50.7 Å². The number of aromatic nitrogens is 4. The van der Waals surface area contributed by atoms with E-state index in [1.807, 2.05) is 18.2 Å². The first-order valence-corrected chi connectivity index (χ1v) is 9.44. The van der Waals surface area contributed by atoms with Crippen molar-refractivity contribution in [1.82, 2.24) is 24.5 Å². The van der Waals surface area contributed by atoms with E-state index in [4.69, 9.17) is 10.2 Å². The third kappa shape index (κ3) is 3.40. The molecule has 4 aromatic rings. The van der Waals surface area contributed by atoms with Gasteiger partial charge in [-0.1, -0.05) is 0 Å². The predicted octanol–water partition coefficient (Wildman–Crippen LogP) is 2.43. The molecule has 3 aromatic heterocycles. The molecule has 1 aromatic carbocycles. The number of benzene rings is 1. The van der Waals surface area contributed by atoms with Gasteiger partial charge < -0.3 is 15.1 Å². The summed E-state index contributed by atoms with van der Waals surface area (Å²) < 4.78 is 20.1. The second kappa shape index (κ2) is 7.17. The summed E-state index contributed by atoms with van der Waals surface area (Å²) in [6.07, 6.45) is 3.35. The number of furan rings is 1. The lowest BCUT2D eigenvalue weighted by Crippen LogP contribution is -2.46. The van der Waals surface area contributed by atoms with Gasteiger partial charge in [-0.15, -0.1) is 5.10 Å². The highest BCUT2D eigenvalue weighted by atomic mass is 19.1. The summed E-state index contributed by atoms with van der Waals surface area (Å²) >= 11 is 0. The number of piperazine rings is 1. The quantitative estimate of drug-likeness (QED) is 0.570. The number of anilines is 2. The van der Waals surface area contributed by atoms with Crippen molar-refractivity contribution in [3.05, 3.63) is 60.2 Å². The maximum atomic E-state index is 13.1. The Bertz CT molecular complexity index is 1120. The molecule has 0 radical (unpaired) electrons. The Hall–Kier alpha value is -3.46. The number of hydrogen-bond donors (Lipinski definition) is 1. The molecule has 1 aliphatic heterocycles. The third-order valence-electron chi connectivity index (χ3n) is 5.16. The zero-order valence-corrected chi connectivity index (χ0v) is 15.7. The monoisotopic (exact) mass is 393 g/mol. The fraction of sp³-hybridized carbons (Fsp3) is 0.250. The van der Waals surface area contributed by atoms with Crippen molar-refractivity contribution >= 4 is 17.3 Å². The highest BCUT2D eigenvalue weighted by Crippen LogP contribution is 2.22. The second-order valence-corrected chi connectivity index (χ2v) is 7.03. The van der Waals surface area contributed by atoms with Gasteiger partial charge in [-0.25, -0.2) is 14.4 Å². The minimum absolute atomic E-state index is 0.213. The molecule has 0 bridgehead atoms. The summed E-state index contributed by atoms with van der Waals surface area (Å²) in [4.78, 5) is 13.5. The van der Waals surface area contributed by atoms with Crippen LogP contribution in [0.25, 0.3) is 17.2 Å². The number of hydrogen-bond acceptors (Lipinski definition) is 7. The Morgan fingerprint density at radius 3 is 2.59 bits per heavy atom. The van der Waals surface area contributed by atoms with Gasteiger partial charge in [-0.3, -0.25) is 4.90 Å². The summed E-state index contributed by atoms with van der Waals surface area (Å²) in [6, 6.07) is 10.3. The molecule has 1 saturated heterocycles. The molecular formula is C20H20FN7O. The number of nitrogen functional groups attached to an aromatic ring is 1. The molecule has 8 nitrogen and oxygen atoms in total. The predicted molar refractivity (Wildman–Crippen MR) is 107 cm³/mol. The Balaban J connectivity index is 1.33. The van der Waals surface area contributed by atoms with Crippen LogP contribution in [0.1, 0.15) is 5.56 Å². The van der Waals surface area contributed by atoms with Crippen molar-refractivity contribution in [3.8, 4) is 11.6 Å². The van der Waals surface area contributed by atoms with Crippen LogP contribution in [0.3, 0.4) is 0 Å². The molecule has 0 saturated carbocycles. The first-order valence-electron chi connectivity index (χ1n) is 9.44. The highest BCUT2D eigenvalue weighted by molar-refractivity contribution is 5.57. The van der Waals surface area contributed by atoms with Crippen molar-refractivity contribution in [1.29, 1.82) is 0 Å². The molecule has 2 N–H and O–H groups in total. The van der Waals surface area contributed by atoms with E-state index < -0.39 is 0 Å². The average molecular weight is 393 g/mol. The first-order chi connectivity index (χ1) is 14.2. The Kier molecular flexibility index (Phi) is 4.36. The van der Waals surface area contributed by atoms with Gasteiger partial charge in [0, 0.05) is 50.2 Å². The van der Waals surface area contributed by atoms with Crippen LogP contribution in [0.4, 0.5) is 16.0 Å². The van der Waals surface area contributed by atoms with Crippen LogP contribution in [0.15, 0.2) is 53.3 Å². The van der Waals surface area contributed by atoms with Gasteiger partial charge in [0.1, 0.15) is 5.82 Å². The van der Waals surface area contributed by atoms with E-state index in [2.05, 4.69) is 24.9 Å². The maximum absolute atomic E-state index is 13.1. The van der Waals surface area contributed by atoms with Gasteiger partial charge in [0.25, 0.3) is 0 Å². The van der Waals surface area contributed by atoms with Crippen LogP contribution in [-0.2, 0) is 6.54 Å². The molecule has 148 valence electrons. The standard InChI is InChI=1S/C20H20FN7O/c21-15-3-5-16(6-4-15)27-9-7-26(8-10-27)13-14-12-23-20(22)28-19(14)24-18(25-28)17-2-1-11-29-17/h1-6,11-12H,7-10,13H2,(H2,22,23). The Morgan fingerprint density at radius 1 is 1.07 bits per heavy atom. The zero-order valence-electron chi connectivity index (χ0n) is 15.7. The van der Waals surface area contributed by atoms with E-state index in [0.29, 0.717) is 23.8 Å². The van der Waals surface area contributed by atoms with Crippen molar-refractivity contribution in [2.75, 3.05) is 36.8 Å². The van der Waals surface area contributed by atoms with Crippen LogP contribution < -0.4 is 10.6 Å². The molecule has 0 amide bonds. The molecule has 5 rings (SSSR count). The molecular weight excluding hydrogens is 373 g/mol. The molecule has 29 heavy (non-hydrogen) atoms. The smallest absolute Gasteiger partial charge is 0.223 e. The van der Waals surface area contributed by atoms with Gasteiger partial charge in [0.15, 0.2) is 11.4 Å². The van der Waals surface area contributed by atoms with Gasteiger partial charge in [-0.2, -0.15) is 4.52 Å². The van der Waals surface area contributed by atoms with Crippen LogP contribution >= 0.6 is 0 Å². The number of nitrogens with two attached hydrogens (primary N) is 1. The van der Waals surface area contributed by atoms with Crippen molar-refractivity contribution < 1.29 is 8.81 Å². The summed E-state index contributed by atoms with van der Waals surface area (Å²) in [5.74, 6) is 1.15. The Labute approximate surface area is 166 Å². The largest absolute Gasteiger partial charge is 0.461 e. The average Bonchev–Trinajstić information content (AvgIpc) is 3.42. The van der Waals surface area contributed by atoms with Gasteiger partial charge in [0.2, 0.25) is 11.8 Å². The highest BCUT2D eigenvalue weighted by Gasteiger charge is 2.20. The van der Waals surface area contributed by atoms with Crippen LogP contribution in [0.2, 0.25) is 0 Å². The molecule has 0 aliphatic carbocycles. The lowest BCUT2D eigenvalue weighted by atomic mass is 10.2. The summed E-state index contributed by atoms with van der Waals surface area (Å²) in [7, 11) is 0. The molecule has 4 heterocycles. The van der Waals surface area contributed by atoms with Crippen molar-refractivity contribution in [2.24, 2.45) is 0 Å². The van der Waals surface area contributed by atoms with Gasteiger partial charge in [-0.05, 0) is 36.4 Å². The minimum Gasteiger partial charge on any atom is -0.461 e. The van der Waals surface area contributed by atoms with E-state index in [1.165, 1.54) is 12.1 Å². The number of nitrogens with zero attached hydrogens (tertiary/aromatic N) is 6. The molecule has 0 spiro atoms. The SMILES string of the molecule is Nc1ncc(CN2CCN(c3ccc(F)cc3)CC2)c2nc(-c3ccco3)nn12. The van der Waals surface area contributed by atoms with E-state index >= 15 is 0 Å². The molecule has 9 heteroatoms. The fourth-order valence-corrected chi connectivity index (χ4v) is 3.61. The van der Waals surface area contributed by atoms with Crippen molar-refractivity contribution in [3.63, 3.8) is 0 Å². The summed E-state index contributed by atoms with van der Waals surface area (Å²) in [5, 5.41) is 4.43. The minimum atomic E-state index is -0.213. The fourth-order valence-electron chi connectivity index (χ4n) is 3.61. The Morgan fingerprint density at radius 2 is 1.86 bits per heavy atom. The van der Waals surface area contributed by atoms with E-state index in [-0.39, 0.29) is 11.8 Å². The third-order valence-corrected chi connectivity index (χ3v) is 5.16. The van der Waals surface area contributed by atoms with Gasteiger partial charge >= 0.3 is 0 Å². The van der Waals surface area contributed by atoms with Crippen LogP contribution in [0.5, 0.6) is 0 Å². The first kappa shape index (κ1) is 17.6. The zero-order chi connectivity index (χ0) is 19.8. The van der Waals surface area contributed by atoms with Gasteiger partial charge in [0.05, 0.1) is 6.26 Å². The van der Waals surface area contributed by atoms with E-state index in [9.17, 15) is 4.39 Å². The number of halogens is 1. The molecule has 1 fully saturated rings. The molecule has 0 unspecified atom stereocenters. The maximum Gasteiger partial charge on any atom is 0.223 e. The molecule has 0 atom stereocenters. The topological polar surface area (TPSA) is 88.7 Å². The number of fused-ring (bicyclic) bond motifs is 1. The van der Waals surface area contributed by atoms with E-state index in [0.717, 1.165) is 37.4 Å².